The maximum absolute atomic E-state index is 13.3. The molecule has 0 aliphatic carbocycles. The third-order valence-electron chi connectivity index (χ3n) is 6.77. The van der Waals surface area contributed by atoms with Gasteiger partial charge in [0.1, 0.15) is 6.04 Å². The molecule has 1 fully saturated rings. The number of benzene rings is 2. The predicted octanol–water partition coefficient (Wildman–Crippen LogP) is 4.78. The number of unbranched alkanes of at least 4 members (excludes halogenated alkanes) is 2. The Kier molecular flexibility index (Phi) is 11.0. The van der Waals surface area contributed by atoms with E-state index in [9.17, 15) is 18.0 Å². The summed E-state index contributed by atoms with van der Waals surface area (Å²) in [6, 6.07) is 13.4. The summed E-state index contributed by atoms with van der Waals surface area (Å²) < 4.78 is 27.1. The number of amides is 2. The summed E-state index contributed by atoms with van der Waals surface area (Å²) in [6.07, 6.45) is 5.45. The van der Waals surface area contributed by atoms with E-state index in [1.807, 2.05) is 12.1 Å². The normalized spacial score (nSPS) is 14.9. The van der Waals surface area contributed by atoms with Crippen LogP contribution in [0.4, 0.5) is 0 Å². The Hall–Kier alpha value is -2.42. The van der Waals surface area contributed by atoms with Gasteiger partial charge in [0.15, 0.2) is 0 Å². The molecule has 2 aromatic rings. The van der Waals surface area contributed by atoms with Crippen LogP contribution in [0.3, 0.4) is 0 Å². The summed E-state index contributed by atoms with van der Waals surface area (Å²) in [5.74, 6) is -0.310. The van der Waals surface area contributed by atoms with Gasteiger partial charge in [0, 0.05) is 37.6 Å². The molecule has 2 amide bonds. The first-order valence-corrected chi connectivity index (χ1v) is 14.9. The molecule has 1 aliphatic rings. The third kappa shape index (κ3) is 8.28. The molecule has 0 bridgehead atoms. The number of rotatable bonds is 13. The summed E-state index contributed by atoms with van der Waals surface area (Å²) in [4.78, 5) is 28.0. The van der Waals surface area contributed by atoms with Crippen LogP contribution in [0.5, 0.6) is 0 Å². The van der Waals surface area contributed by atoms with Crippen LogP contribution < -0.4 is 5.32 Å². The fourth-order valence-corrected chi connectivity index (χ4v) is 6.05. The maximum atomic E-state index is 13.3. The van der Waals surface area contributed by atoms with E-state index in [-0.39, 0.29) is 23.1 Å². The van der Waals surface area contributed by atoms with Crippen molar-refractivity contribution in [3.05, 3.63) is 64.7 Å². The van der Waals surface area contributed by atoms with Gasteiger partial charge in [-0.05, 0) is 68.0 Å². The molecule has 0 unspecified atom stereocenters. The molecule has 1 N–H and O–H groups in total. The van der Waals surface area contributed by atoms with Crippen LogP contribution in [0.1, 0.15) is 63.5 Å². The summed E-state index contributed by atoms with van der Waals surface area (Å²) in [5.41, 5.74) is 1.76. The van der Waals surface area contributed by atoms with Gasteiger partial charge in [0.25, 0.3) is 0 Å². The van der Waals surface area contributed by atoms with Crippen molar-refractivity contribution >= 4 is 33.4 Å². The Bertz CT molecular complexity index is 1130. The molecule has 9 heteroatoms. The Morgan fingerprint density at radius 2 is 1.62 bits per heavy atom. The molecule has 1 saturated heterocycles. The van der Waals surface area contributed by atoms with Gasteiger partial charge >= 0.3 is 0 Å². The average Bonchev–Trinajstić information content (AvgIpc) is 3.45. The van der Waals surface area contributed by atoms with Crippen molar-refractivity contribution in [3.8, 4) is 0 Å². The predicted molar refractivity (Wildman–Crippen MR) is 147 cm³/mol. The Morgan fingerprint density at radius 1 is 1.00 bits per heavy atom. The lowest BCUT2D eigenvalue weighted by Gasteiger charge is -2.29. The molecule has 202 valence electrons. The largest absolute Gasteiger partial charge is 0.354 e. The number of hydrogen-bond acceptors (Lipinski definition) is 4. The van der Waals surface area contributed by atoms with Gasteiger partial charge in [0.2, 0.25) is 21.8 Å². The Morgan fingerprint density at radius 3 is 2.24 bits per heavy atom. The van der Waals surface area contributed by atoms with Crippen molar-refractivity contribution in [2.24, 2.45) is 0 Å². The van der Waals surface area contributed by atoms with Crippen LogP contribution in [0, 0.1) is 0 Å². The molecule has 7 nitrogen and oxygen atoms in total. The van der Waals surface area contributed by atoms with Gasteiger partial charge in [0.05, 0.1) is 4.90 Å². The number of carbonyl (C=O) groups excluding carboxylic acids is 2. The van der Waals surface area contributed by atoms with Gasteiger partial charge in [-0.3, -0.25) is 9.59 Å². The first kappa shape index (κ1) is 29.1. The van der Waals surface area contributed by atoms with Crippen LogP contribution in [-0.2, 0) is 32.6 Å². The lowest BCUT2D eigenvalue weighted by atomic mass is 10.1. The minimum atomic E-state index is -3.47. The molecule has 1 atom stereocenters. The smallest absolute Gasteiger partial charge is 0.243 e. The fourth-order valence-electron chi connectivity index (χ4n) is 4.40. The van der Waals surface area contributed by atoms with E-state index in [2.05, 4.69) is 12.2 Å². The van der Waals surface area contributed by atoms with E-state index in [0.717, 1.165) is 43.2 Å². The molecular formula is C28H38ClN3O4S. The molecule has 1 heterocycles. The average molecular weight is 548 g/mol. The molecule has 0 spiro atoms. The van der Waals surface area contributed by atoms with E-state index in [1.54, 1.807) is 48.2 Å². The van der Waals surface area contributed by atoms with Crippen molar-refractivity contribution in [2.45, 2.75) is 76.3 Å². The lowest BCUT2D eigenvalue weighted by molar-refractivity contribution is -0.140. The Balaban J connectivity index is 1.66. The number of carbonyl (C=O) groups is 2. The van der Waals surface area contributed by atoms with Crippen LogP contribution in [0.15, 0.2) is 53.4 Å². The van der Waals surface area contributed by atoms with E-state index in [1.165, 1.54) is 4.31 Å². The first-order valence-electron chi connectivity index (χ1n) is 13.1. The van der Waals surface area contributed by atoms with Crippen LogP contribution in [-0.4, -0.2) is 55.1 Å². The number of hydrogen-bond donors (Lipinski definition) is 1. The van der Waals surface area contributed by atoms with Crippen molar-refractivity contribution in [1.29, 1.82) is 0 Å². The molecule has 0 saturated carbocycles. The number of aryl methyl sites for hydroxylation is 1. The highest BCUT2D eigenvalue weighted by molar-refractivity contribution is 7.89. The summed E-state index contributed by atoms with van der Waals surface area (Å²) in [7, 11) is -3.47. The molecule has 37 heavy (non-hydrogen) atoms. The second-order valence-electron chi connectivity index (χ2n) is 9.58. The highest BCUT2D eigenvalue weighted by atomic mass is 35.5. The van der Waals surface area contributed by atoms with Gasteiger partial charge < -0.3 is 10.2 Å². The second kappa shape index (κ2) is 13.9. The quantitative estimate of drug-likeness (QED) is 0.366. The van der Waals surface area contributed by atoms with E-state index >= 15 is 0 Å². The number of nitrogens with one attached hydrogen (secondary N) is 1. The summed E-state index contributed by atoms with van der Waals surface area (Å²) >= 11 is 6.02. The Labute approximate surface area is 226 Å². The van der Waals surface area contributed by atoms with Crippen molar-refractivity contribution in [2.75, 3.05) is 19.6 Å². The molecule has 0 radical (unpaired) electrons. The zero-order valence-electron chi connectivity index (χ0n) is 21.8. The van der Waals surface area contributed by atoms with Crippen molar-refractivity contribution in [3.63, 3.8) is 0 Å². The SMILES string of the molecule is CCCCCNC(=O)[C@@H](C)N(Cc1ccc(Cl)cc1)C(=O)CCc1ccc(S(=O)(=O)N2CCCC2)cc1. The van der Waals surface area contributed by atoms with Crippen LogP contribution in [0.25, 0.3) is 0 Å². The van der Waals surface area contributed by atoms with Gasteiger partial charge in [-0.25, -0.2) is 8.42 Å². The monoisotopic (exact) mass is 547 g/mol. The van der Waals surface area contributed by atoms with E-state index in [0.29, 0.717) is 37.6 Å². The van der Waals surface area contributed by atoms with Crippen LogP contribution >= 0.6 is 11.6 Å². The van der Waals surface area contributed by atoms with Gasteiger partial charge in [-0.1, -0.05) is 55.6 Å². The van der Waals surface area contributed by atoms with Crippen molar-refractivity contribution < 1.29 is 18.0 Å². The molecule has 1 aliphatic heterocycles. The lowest BCUT2D eigenvalue weighted by Crippen LogP contribution is -2.47. The minimum Gasteiger partial charge on any atom is -0.354 e. The number of sulfonamides is 1. The zero-order valence-corrected chi connectivity index (χ0v) is 23.4. The first-order chi connectivity index (χ1) is 17.7. The highest BCUT2D eigenvalue weighted by Crippen LogP contribution is 2.22. The van der Waals surface area contributed by atoms with Gasteiger partial charge in [-0.2, -0.15) is 4.31 Å². The highest BCUT2D eigenvalue weighted by Gasteiger charge is 2.28. The molecule has 0 aromatic heterocycles. The molecule has 3 rings (SSSR count). The fraction of sp³-hybridized carbons (Fsp3) is 0.500. The molecule has 2 aromatic carbocycles. The maximum Gasteiger partial charge on any atom is 0.243 e. The van der Waals surface area contributed by atoms with Crippen LogP contribution in [0.2, 0.25) is 5.02 Å². The van der Waals surface area contributed by atoms with Gasteiger partial charge in [-0.15, -0.1) is 0 Å². The van der Waals surface area contributed by atoms with E-state index < -0.39 is 16.1 Å². The third-order valence-corrected chi connectivity index (χ3v) is 8.93. The standard InChI is InChI=1S/C28H38ClN3O4S/c1-3-4-5-18-30-28(34)22(2)32(21-24-8-13-25(29)14-9-24)27(33)17-12-23-10-15-26(16-11-23)37(35,36)31-19-6-7-20-31/h8-11,13-16,22H,3-7,12,17-21H2,1-2H3,(H,30,34)/t22-/m1/s1. The minimum absolute atomic E-state index is 0.139. The number of halogens is 1. The summed E-state index contributed by atoms with van der Waals surface area (Å²) in [6.45, 7) is 5.87. The van der Waals surface area contributed by atoms with E-state index in [4.69, 9.17) is 11.6 Å². The number of nitrogens with zero attached hydrogens (tertiary/aromatic N) is 2. The molecular weight excluding hydrogens is 510 g/mol. The zero-order chi connectivity index (χ0) is 26.8. The summed E-state index contributed by atoms with van der Waals surface area (Å²) in [5, 5.41) is 3.56. The van der Waals surface area contributed by atoms with Crippen molar-refractivity contribution in [1.82, 2.24) is 14.5 Å². The topological polar surface area (TPSA) is 86.8 Å². The second-order valence-corrected chi connectivity index (χ2v) is 12.0.